The lowest BCUT2D eigenvalue weighted by Gasteiger charge is -2.14. The molecule has 0 fully saturated rings. The molecule has 0 saturated heterocycles. The number of allylic oxidation sites excluding steroid dienone is 3. The average Bonchev–Trinajstić information content (AvgIpc) is 2.72. The van der Waals surface area contributed by atoms with Crippen LogP contribution in [-0.4, -0.2) is 12.6 Å². The van der Waals surface area contributed by atoms with Crippen LogP contribution in [0.1, 0.15) is 26.7 Å². The second-order valence-corrected chi connectivity index (χ2v) is 4.02. The summed E-state index contributed by atoms with van der Waals surface area (Å²) in [6, 6.07) is 0. The highest BCUT2D eigenvalue weighted by Crippen LogP contribution is 2.44. The molecule has 0 aromatic rings. The molecule has 2 rings (SSSR count). The van der Waals surface area contributed by atoms with Crippen molar-refractivity contribution in [1.82, 2.24) is 0 Å². The van der Waals surface area contributed by atoms with Gasteiger partial charge in [-0.25, -0.2) is 0 Å². The van der Waals surface area contributed by atoms with E-state index in [1.54, 1.807) is 0 Å². The molecule has 0 aliphatic heterocycles. The van der Waals surface area contributed by atoms with Gasteiger partial charge in [-0.3, -0.25) is 4.79 Å². The van der Waals surface area contributed by atoms with Crippen LogP contribution in [0.4, 0.5) is 0 Å². The Balaban J connectivity index is 2.08. The van der Waals surface area contributed by atoms with Crippen LogP contribution >= 0.6 is 0 Å². The molecule has 0 heterocycles. The van der Waals surface area contributed by atoms with E-state index in [1.807, 2.05) is 0 Å². The molecule has 2 heteroatoms. The highest BCUT2D eigenvalue weighted by Gasteiger charge is 2.34. The van der Waals surface area contributed by atoms with Crippen LogP contribution in [-0.2, 0) is 9.53 Å². The molecule has 2 unspecified atom stereocenters. The van der Waals surface area contributed by atoms with Gasteiger partial charge in [0.1, 0.15) is 6.61 Å². The zero-order valence-corrected chi connectivity index (χ0v) is 8.75. The highest BCUT2D eigenvalue weighted by molar-refractivity contribution is 5.66. The number of carbonyl (C=O) groups excluding carboxylic acids is 1. The number of fused-ring (bicyclic) bond motifs is 2. The van der Waals surface area contributed by atoms with Gasteiger partial charge in [0.05, 0.1) is 0 Å². The van der Waals surface area contributed by atoms with E-state index >= 15 is 0 Å². The summed E-state index contributed by atoms with van der Waals surface area (Å²) in [6.45, 7) is 4.15. The maximum absolute atomic E-state index is 10.7. The van der Waals surface area contributed by atoms with Crippen LogP contribution in [0.5, 0.6) is 0 Å². The zero-order chi connectivity index (χ0) is 10.1. The van der Waals surface area contributed by atoms with Gasteiger partial charge in [0.2, 0.25) is 0 Å². The number of esters is 1. The highest BCUT2D eigenvalue weighted by atomic mass is 16.5. The van der Waals surface area contributed by atoms with Gasteiger partial charge >= 0.3 is 5.97 Å². The monoisotopic (exact) mass is 192 g/mol. The largest absolute Gasteiger partial charge is 0.461 e. The van der Waals surface area contributed by atoms with Crippen molar-refractivity contribution in [2.24, 2.45) is 11.8 Å². The lowest BCUT2D eigenvalue weighted by atomic mass is 9.96. The van der Waals surface area contributed by atoms with Crippen LogP contribution in [0.15, 0.2) is 23.3 Å². The van der Waals surface area contributed by atoms with Gasteiger partial charge < -0.3 is 4.74 Å². The first-order chi connectivity index (χ1) is 6.72. The van der Waals surface area contributed by atoms with E-state index in [2.05, 4.69) is 19.1 Å². The van der Waals surface area contributed by atoms with Gasteiger partial charge in [0, 0.05) is 12.8 Å². The van der Waals surface area contributed by atoms with Crippen LogP contribution in [0.25, 0.3) is 0 Å². The van der Waals surface area contributed by atoms with Gasteiger partial charge in [0.25, 0.3) is 0 Å². The van der Waals surface area contributed by atoms with Crippen molar-refractivity contribution in [3.8, 4) is 0 Å². The standard InChI is InChI=1S/C12H16O2/c1-3-11-9-4-5-10(6-9)12(11)7-14-8(2)13/h4-5,9-10H,3,6-7H2,1-2H3. The molecular formula is C12H16O2. The molecule has 0 amide bonds. The Morgan fingerprint density at radius 1 is 1.43 bits per heavy atom. The van der Waals surface area contributed by atoms with Gasteiger partial charge in [0.15, 0.2) is 0 Å². The Kier molecular flexibility index (Phi) is 2.44. The van der Waals surface area contributed by atoms with Crippen molar-refractivity contribution in [3.63, 3.8) is 0 Å². The van der Waals surface area contributed by atoms with E-state index in [1.165, 1.54) is 24.5 Å². The van der Waals surface area contributed by atoms with E-state index in [-0.39, 0.29) is 5.97 Å². The van der Waals surface area contributed by atoms with E-state index in [4.69, 9.17) is 4.74 Å². The van der Waals surface area contributed by atoms with Crippen molar-refractivity contribution < 1.29 is 9.53 Å². The van der Waals surface area contributed by atoms with Gasteiger partial charge in [-0.2, -0.15) is 0 Å². The van der Waals surface area contributed by atoms with Crippen molar-refractivity contribution >= 4 is 5.97 Å². The van der Waals surface area contributed by atoms with Crippen molar-refractivity contribution in [2.45, 2.75) is 26.7 Å². The molecule has 2 aliphatic rings. The minimum atomic E-state index is -0.181. The lowest BCUT2D eigenvalue weighted by molar-refractivity contribution is -0.140. The molecule has 0 spiro atoms. The molecule has 2 atom stereocenters. The molecule has 0 N–H and O–H groups in total. The topological polar surface area (TPSA) is 26.3 Å². The Bertz CT molecular complexity index is 312. The van der Waals surface area contributed by atoms with Crippen LogP contribution in [0, 0.1) is 11.8 Å². The van der Waals surface area contributed by atoms with Crippen LogP contribution in [0.2, 0.25) is 0 Å². The van der Waals surface area contributed by atoms with Gasteiger partial charge in [-0.1, -0.05) is 24.6 Å². The molecule has 2 bridgehead atoms. The molecule has 2 aliphatic carbocycles. The SMILES string of the molecule is CCC1=C(COC(C)=O)C2C=CC1C2. The second-order valence-electron chi connectivity index (χ2n) is 4.02. The first-order valence-corrected chi connectivity index (χ1v) is 5.25. The molecule has 0 saturated carbocycles. The fraction of sp³-hybridized carbons (Fsp3) is 0.583. The fourth-order valence-electron chi connectivity index (χ4n) is 2.56. The number of carbonyl (C=O) groups is 1. The predicted molar refractivity (Wildman–Crippen MR) is 54.7 cm³/mol. The summed E-state index contributed by atoms with van der Waals surface area (Å²) in [5, 5.41) is 0. The summed E-state index contributed by atoms with van der Waals surface area (Å²) < 4.78 is 5.08. The zero-order valence-electron chi connectivity index (χ0n) is 8.75. The quantitative estimate of drug-likeness (QED) is 0.507. The molecular weight excluding hydrogens is 176 g/mol. The first-order valence-electron chi connectivity index (χ1n) is 5.25. The van der Waals surface area contributed by atoms with E-state index in [9.17, 15) is 4.79 Å². The number of ether oxygens (including phenoxy) is 1. The lowest BCUT2D eigenvalue weighted by Crippen LogP contribution is -2.09. The molecule has 14 heavy (non-hydrogen) atoms. The average molecular weight is 192 g/mol. The third-order valence-corrected chi connectivity index (χ3v) is 3.20. The summed E-state index contributed by atoms with van der Waals surface area (Å²) in [5.74, 6) is 1.00. The Morgan fingerprint density at radius 3 is 2.64 bits per heavy atom. The minimum absolute atomic E-state index is 0.181. The summed E-state index contributed by atoms with van der Waals surface area (Å²) in [7, 11) is 0. The maximum atomic E-state index is 10.7. The Labute approximate surface area is 84.6 Å². The molecule has 2 nitrogen and oxygen atoms in total. The van der Waals surface area contributed by atoms with Crippen molar-refractivity contribution in [2.75, 3.05) is 6.61 Å². The van der Waals surface area contributed by atoms with E-state index in [0.29, 0.717) is 18.4 Å². The summed E-state index contributed by atoms with van der Waals surface area (Å²) in [6.07, 6.45) is 6.84. The number of hydrogen-bond acceptors (Lipinski definition) is 2. The van der Waals surface area contributed by atoms with Crippen LogP contribution < -0.4 is 0 Å². The molecule has 0 aromatic carbocycles. The molecule has 0 aromatic heterocycles. The second kappa shape index (κ2) is 3.60. The smallest absolute Gasteiger partial charge is 0.302 e. The third-order valence-electron chi connectivity index (χ3n) is 3.20. The normalized spacial score (nSPS) is 28.7. The summed E-state index contributed by atoms with van der Waals surface area (Å²) in [4.78, 5) is 10.7. The number of hydrogen-bond donors (Lipinski definition) is 0. The summed E-state index contributed by atoms with van der Waals surface area (Å²) >= 11 is 0. The third kappa shape index (κ3) is 1.49. The Hall–Kier alpha value is -1.05. The minimum Gasteiger partial charge on any atom is -0.461 e. The fourth-order valence-corrected chi connectivity index (χ4v) is 2.56. The van der Waals surface area contributed by atoms with Crippen LogP contribution in [0.3, 0.4) is 0 Å². The van der Waals surface area contributed by atoms with Crippen molar-refractivity contribution in [1.29, 1.82) is 0 Å². The molecule has 0 radical (unpaired) electrons. The van der Waals surface area contributed by atoms with Crippen molar-refractivity contribution in [3.05, 3.63) is 23.3 Å². The first kappa shape index (κ1) is 9.50. The molecule has 76 valence electrons. The van der Waals surface area contributed by atoms with E-state index in [0.717, 1.165) is 6.42 Å². The Morgan fingerprint density at radius 2 is 2.07 bits per heavy atom. The van der Waals surface area contributed by atoms with E-state index < -0.39 is 0 Å². The predicted octanol–water partition coefficient (Wildman–Crippen LogP) is 2.46. The van der Waals surface area contributed by atoms with Gasteiger partial charge in [-0.05, 0) is 24.3 Å². The van der Waals surface area contributed by atoms with Gasteiger partial charge in [-0.15, -0.1) is 0 Å². The summed E-state index contributed by atoms with van der Waals surface area (Å²) in [5.41, 5.74) is 2.86. The maximum Gasteiger partial charge on any atom is 0.302 e. The number of rotatable bonds is 3.